The highest BCUT2D eigenvalue weighted by molar-refractivity contribution is 7.07. The quantitative estimate of drug-likeness (QED) is 0.298. The summed E-state index contributed by atoms with van der Waals surface area (Å²) in [6, 6.07) is 18.8. The molecule has 0 radical (unpaired) electrons. The Morgan fingerprint density at radius 2 is 1.78 bits per heavy atom. The van der Waals surface area contributed by atoms with Crippen LogP contribution in [0.3, 0.4) is 0 Å². The molecule has 7 nitrogen and oxygen atoms in total. The maximum Gasteiger partial charge on any atom is 0.271 e. The van der Waals surface area contributed by atoms with Crippen LogP contribution < -0.4 is 24.4 Å². The highest BCUT2D eigenvalue weighted by atomic mass is 32.1. The summed E-state index contributed by atoms with van der Waals surface area (Å²) in [6.07, 6.45) is 1.94. The average molecular weight is 570 g/mol. The van der Waals surface area contributed by atoms with Gasteiger partial charge in [-0.05, 0) is 75.2 Å². The first-order chi connectivity index (χ1) is 19.8. The van der Waals surface area contributed by atoms with Crippen molar-refractivity contribution in [1.82, 2.24) is 9.47 Å². The van der Waals surface area contributed by atoms with Gasteiger partial charge in [-0.3, -0.25) is 14.2 Å². The molecule has 1 aromatic heterocycles. The number of fused-ring (bicyclic) bond motifs is 2. The molecule has 2 heterocycles. The van der Waals surface area contributed by atoms with E-state index in [0.29, 0.717) is 39.4 Å². The van der Waals surface area contributed by atoms with Crippen LogP contribution in [0.4, 0.5) is 0 Å². The molecule has 4 aromatic rings. The SMILES string of the molecule is CCN(CC)C(=O)C1=C(C)N=c2s/c(=C/c3ccc(OC(C)C)cc3)c(=O)n2[C@@H]1c1c(OC)ccc2ccccc12. The van der Waals surface area contributed by atoms with Gasteiger partial charge in [0.15, 0.2) is 4.80 Å². The first-order valence-corrected chi connectivity index (χ1v) is 14.7. The van der Waals surface area contributed by atoms with Crippen LogP contribution in [0.25, 0.3) is 16.8 Å². The van der Waals surface area contributed by atoms with Crippen molar-refractivity contribution < 1.29 is 14.3 Å². The van der Waals surface area contributed by atoms with Gasteiger partial charge in [-0.1, -0.05) is 53.8 Å². The number of hydrogen-bond donors (Lipinski definition) is 0. The second kappa shape index (κ2) is 11.7. The summed E-state index contributed by atoms with van der Waals surface area (Å²) in [5.41, 5.74) is 2.54. The fourth-order valence-corrected chi connectivity index (χ4v) is 6.40. The normalized spacial score (nSPS) is 15.2. The summed E-state index contributed by atoms with van der Waals surface area (Å²) in [5, 5.41) is 1.92. The van der Waals surface area contributed by atoms with Gasteiger partial charge in [0.25, 0.3) is 11.5 Å². The zero-order chi connectivity index (χ0) is 29.3. The van der Waals surface area contributed by atoms with E-state index in [-0.39, 0.29) is 17.6 Å². The Morgan fingerprint density at radius 3 is 2.44 bits per heavy atom. The third kappa shape index (κ3) is 5.32. The molecule has 212 valence electrons. The Hall–Kier alpha value is -4.17. The fraction of sp³-hybridized carbons (Fsp3) is 0.303. The number of likely N-dealkylation sites (N-methyl/N-ethyl adjacent to an activating group) is 1. The molecule has 1 aliphatic heterocycles. The third-order valence-electron chi connectivity index (χ3n) is 7.28. The molecule has 0 saturated heterocycles. The van der Waals surface area contributed by atoms with E-state index in [0.717, 1.165) is 27.6 Å². The lowest BCUT2D eigenvalue weighted by molar-refractivity contribution is -0.127. The van der Waals surface area contributed by atoms with Crippen LogP contribution in [-0.2, 0) is 4.79 Å². The highest BCUT2D eigenvalue weighted by Crippen LogP contribution is 2.40. The monoisotopic (exact) mass is 569 g/mol. The Morgan fingerprint density at radius 1 is 1.07 bits per heavy atom. The standard InChI is InChI=1S/C33H35N3O4S/c1-7-35(8-2)32(38)28-21(5)34-33-36(30(28)29-25-12-10-9-11-23(25)15-18-26(29)39-6)31(37)27(41-33)19-22-13-16-24(17-14-22)40-20(3)4/h9-20,30H,7-8H2,1-6H3/b27-19+/t30-/m0/s1. The maximum atomic E-state index is 14.2. The molecule has 5 rings (SSSR count). The summed E-state index contributed by atoms with van der Waals surface area (Å²) >= 11 is 1.32. The molecule has 1 atom stereocenters. The van der Waals surface area contributed by atoms with E-state index in [1.165, 1.54) is 11.3 Å². The van der Waals surface area contributed by atoms with Gasteiger partial charge < -0.3 is 14.4 Å². The van der Waals surface area contributed by atoms with Crippen molar-refractivity contribution in [2.45, 2.75) is 46.8 Å². The number of carbonyl (C=O) groups is 1. The van der Waals surface area contributed by atoms with Crippen LogP contribution in [0.5, 0.6) is 11.5 Å². The minimum Gasteiger partial charge on any atom is -0.496 e. The van der Waals surface area contributed by atoms with Crippen molar-refractivity contribution >= 4 is 34.1 Å². The zero-order valence-electron chi connectivity index (χ0n) is 24.3. The van der Waals surface area contributed by atoms with E-state index in [1.54, 1.807) is 16.6 Å². The topological polar surface area (TPSA) is 73.1 Å². The molecule has 0 aliphatic carbocycles. The summed E-state index contributed by atoms with van der Waals surface area (Å²) in [6.45, 7) is 10.8. The van der Waals surface area contributed by atoms with Gasteiger partial charge in [-0.15, -0.1) is 0 Å². The lowest BCUT2D eigenvalue weighted by Crippen LogP contribution is -2.43. The number of aromatic nitrogens is 1. The number of allylic oxidation sites excluding steroid dienone is 1. The van der Waals surface area contributed by atoms with Crippen LogP contribution >= 0.6 is 11.3 Å². The molecule has 41 heavy (non-hydrogen) atoms. The van der Waals surface area contributed by atoms with Gasteiger partial charge in [0, 0.05) is 18.7 Å². The number of amides is 1. The van der Waals surface area contributed by atoms with Gasteiger partial charge in [-0.2, -0.15) is 0 Å². The minimum absolute atomic E-state index is 0.0760. The first-order valence-electron chi connectivity index (χ1n) is 13.9. The Bertz CT molecular complexity index is 1810. The predicted octanol–water partition coefficient (Wildman–Crippen LogP) is 5.05. The second-order valence-electron chi connectivity index (χ2n) is 10.2. The minimum atomic E-state index is -0.704. The lowest BCUT2D eigenvalue weighted by atomic mass is 9.90. The molecule has 0 unspecified atom stereocenters. The van der Waals surface area contributed by atoms with E-state index in [1.807, 2.05) is 101 Å². The molecular weight excluding hydrogens is 534 g/mol. The Kier molecular flexibility index (Phi) is 8.13. The molecule has 0 N–H and O–H groups in total. The smallest absolute Gasteiger partial charge is 0.271 e. The van der Waals surface area contributed by atoms with Crippen molar-refractivity contribution in [2.24, 2.45) is 4.99 Å². The van der Waals surface area contributed by atoms with Crippen molar-refractivity contribution in [3.8, 4) is 11.5 Å². The maximum absolute atomic E-state index is 14.2. The largest absolute Gasteiger partial charge is 0.496 e. The average Bonchev–Trinajstić information content (AvgIpc) is 3.26. The lowest BCUT2D eigenvalue weighted by Gasteiger charge is -2.30. The molecule has 0 bridgehead atoms. The molecule has 8 heteroatoms. The number of ether oxygens (including phenoxy) is 2. The van der Waals surface area contributed by atoms with Gasteiger partial charge in [0.05, 0.1) is 29.0 Å². The van der Waals surface area contributed by atoms with Crippen LogP contribution in [0.1, 0.15) is 51.8 Å². The molecule has 0 fully saturated rings. The van der Waals surface area contributed by atoms with Crippen LogP contribution in [0.15, 0.2) is 81.7 Å². The van der Waals surface area contributed by atoms with Crippen molar-refractivity contribution in [1.29, 1.82) is 0 Å². The van der Waals surface area contributed by atoms with E-state index >= 15 is 0 Å². The second-order valence-corrected chi connectivity index (χ2v) is 11.2. The molecule has 0 saturated carbocycles. The van der Waals surface area contributed by atoms with Crippen molar-refractivity contribution in [3.05, 3.63) is 103 Å². The number of methoxy groups -OCH3 is 1. The van der Waals surface area contributed by atoms with Crippen molar-refractivity contribution in [3.63, 3.8) is 0 Å². The number of hydrogen-bond acceptors (Lipinski definition) is 6. The summed E-state index contributed by atoms with van der Waals surface area (Å²) in [4.78, 5) is 35.4. The molecular formula is C33H35N3O4S. The molecule has 0 spiro atoms. The van der Waals surface area contributed by atoms with Gasteiger partial charge in [0.2, 0.25) is 0 Å². The van der Waals surface area contributed by atoms with Gasteiger partial charge in [-0.25, -0.2) is 4.99 Å². The first kappa shape index (κ1) is 28.4. The van der Waals surface area contributed by atoms with E-state index in [9.17, 15) is 9.59 Å². The van der Waals surface area contributed by atoms with Crippen molar-refractivity contribution in [2.75, 3.05) is 20.2 Å². The van der Waals surface area contributed by atoms with Gasteiger partial charge >= 0.3 is 0 Å². The fourth-order valence-electron chi connectivity index (χ4n) is 5.35. The molecule has 3 aromatic carbocycles. The Labute approximate surface area is 243 Å². The summed E-state index contributed by atoms with van der Waals surface area (Å²) in [5.74, 6) is 1.26. The number of thiazole rings is 1. The third-order valence-corrected chi connectivity index (χ3v) is 8.26. The highest BCUT2D eigenvalue weighted by Gasteiger charge is 2.36. The van der Waals surface area contributed by atoms with E-state index in [4.69, 9.17) is 14.5 Å². The predicted molar refractivity (Wildman–Crippen MR) is 164 cm³/mol. The number of benzene rings is 3. The van der Waals surface area contributed by atoms with Crippen LogP contribution in [0, 0.1) is 0 Å². The van der Waals surface area contributed by atoms with Crippen LogP contribution in [-0.4, -0.2) is 41.7 Å². The Balaban J connectivity index is 1.77. The number of rotatable bonds is 8. The van der Waals surface area contributed by atoms with E-state index < -0.39 is 6.04 Å². The molecule has 1 aliphatic rings. The van der Waals surface area contributed by atoms with Gasteiger partial charge in [0.1, 0.15) is 17.5 Å². The molecule has 1 amide bonds. The summed E-state index contributed by atoms with van der Waals surface area (Å²) < 4.78 is 13.8. The number of nitrogens with zero attached hydrogens (tertiary/aromatic N) is 3. The summed E-state index contributed by atoms with van der Waals surface area (Å²) in [7, 11) is 1.62. The van der Waals surface area contributed by atoms with Crippen LogP contribution in [0.2, 0.25) is 0 Å². The number of carbonyl (C=O) groups excluding carboxylic acids is 1. The zero-order valence-corrected chi connectivity index (χ0v) is 25.1. The van der Waals surface area contributed by atoms with E-state index in [2.05, 4.69) is 0 Å².